The number of nitrogens with zero attached hydrogens (tertiary/aromatic N) is 13. The lowest BCUT2D eigenvalue weighted by atomic mass is 9.90. The zero-order valence-electron chi connectivity index (χ0n) is 67.3. The number of aliphatic hydroxyl groups excluding tert-OH is 2. The van der Waals surface area contributed by atoms with Gasteiger partial charge in [-0.05, 0) is 225 Å². The third-order valence-corrected chi connectivity index (χ3v) is 22.0. The first-order valence-corrected chi connectivity index (χ1v) is 41.8. The second-order valence-electron chi connectivity index (χ2n) is 30.2. The number of aromatic nitrogens is 12. The number of esters is 2. The molecule has 3 saturated heterocycles. The zero-order valence-corrected chi connectivity index (χ0v) is 76.0. The number of ether oxygens (including phenoxy) is 10. The first kappa shape index (κ1) is 96.6. The van der Waals surface area contributed by atoms with Gasteiger partial charge >= 0.3 is 36.1 Å². The van der Waals surface area contributed by atoms with Gasteiger partial charge in [-0.25, -0.2) is 56.9 Å². The molecule has 9 aromatic rings. The molecule has 0 aliphatic carbocycles. The zero-order chi connectivity index (χ0) is 90.4. The molecule has 123 heavy (non-hydrogen) atoms. The fourth-order valence-electron chi connectivity index (χ4n) is 13.0. The Labute approximate surface area is 754 Å². The van der Waals surface area contributed by atoms with E-state index in [0.29, 0.717) is 21.6 Å². The summed E-state index contributed by atoms with van der Waals surface area (Å²) in [7, 11) is 0. The molecule has 0 radical (unpaired) electrons. The van der Waals surface area contributed by atoms with Gasteiger partial charge in [0, 0.05) is 35.9 Å². The topological polar surface area (TPSA) is 496 Å². The monoisotopic (exact) mass is 2110 g/mol. The summed E-state index contributed by atoms with van der Waals surface area (Å²) >= 11 is 24.4. The number of hydrogen-bond donors (Lipinski definition) is 6. The van der Waals surface area contributed by atoms with Crippen LogP contribution in [0.5, 0.6) is 0 Å². The lowest BCUT2D eigenvalue weighted by molar-refractivity contribution is -0.190. The van der Waals surface area contributed by atoms with Gasteiger partial charge in [-0.15, -0.1) is 0 Å². The molecular formula is C77H84Cl3F3I3N15O22. The van der Waals surface area contributed by atoms with Crippen LogP contribution in [-0.2, 0) is 95.4 Å². The first-order chi connectivity index (χ1) is 57.8. The van der Waals surface area contributed by atoms with Gasteiger partial charge in [-0.1, -0.05) is 43.3 Å². The number of fused-ring (bicyclic) bond motifs is 3. The second kappa shape index (κ2) is 39.9. The molecule has 2 amide bonds. The average Bonchev–Trinajstić information content (AvgIpc) is 1.62. The molecule has 37 nitrogen and oxygen atoms in total. The molecule has 0 spiro atoms. The molecule has 3 fully saturated rings. The van der Waals surface area contributed by atoms with Gasteiger partial charge in [-0.3, -0.25) is 23.3 Å². The lowest BCUT2D eigenvalue weighted by Gasteiger charge is -2.31. The Morgan fingerprint density at radius 2 is 0.797 bits per heavy atom. The van der Waals surface area contributed by atoms with Crippen molar-refractivity contribution in [1.82, 2.24) is 58.6 Å². The Hall–Kier alpha value is -8.60. The predicted octanol–water partition coefficient (Wildman–Crippen LogP) is 10.6. The molecule has 46 heteroatoms. The number of carbonyl (C=O) groups excluding carboxylic acids is 6. The highest BCUT2D eigenvalue weighted by atomic mass is 127. The number of amides is 2. The number of alkyl halides is 3. The molecule has 3 aliphatic rings. The molecule has 9 heterocycles. The number of imidazole rings is 3. The SMILES string of the molecule is CCOC(=O)C(Cc1ccc(I)cc1)(OC[C@H]1O[C@@H](n2cnc3c(N(C(=O)OC(C)(C)C)C(=O)OC(C)(C)C)nc(Cl)nc32)[C@@H](F)[C@@H]1C)C(C)=O.CCOC(=O)C(Cc1ccc(I)cc1)(OC[C@H]1O[C@@H](n2cnc3c(N)nc(Cl)nc32)[C@@H](F)[C@@H]1O)C(C)=O.Nc1nc(Cl)nc2c1ncn2[C@@H]1O[C@H](COC(Cc2ccc(I)cc2)(C(=O)O)C(=O)O)[C@@H](O)[C@@H]1F. The predicted molar refractivity (Wildman–Crippen MR) is 457 cm³/mol. The Morgan fingerprint density at radius 1 is 0.488 bits per heavy atom. The summed E-state index contributed by atoms with van der Waals surface area (Å²) < 4.78 is 109. The number of ketones is 2. The summed E-state index contributed by atoms with van der Waals surface area (Å²) in [4.78, 5) is 140. The van der Waals surface area contributed by atoms with Crippen molar-refractivity contribution in [3.8, 4) is 0 Å². The number of halogens is 9. The van der Waals surface area contributed by atoms with Crippen molar-refractivity contribution in [2.24, 2.45) is 5.92 Å². The van der Waals surface area contributed by atoms with E-state index in [1.807, 2.05) is 46.9 Å². The van der Waals surface area contributed by atoms with Crippen LogP contribution >= 0.6 is 103 Å². The number of carboxylic acid groups (broad SMARTS) is 2. The third-order valence-electron chi connectivity index (χ3n) is 19.3. The standard InChI is InChI=1S/C34H42ClFIN5O9.C23H24ClFIN5O6.C20H18ClFIN5O7/c1-10-47-28(44)34(19(3)43,15-20-11-13-21(37)14-12-20)48-16-22-18(2)23(36)27(49-22)41-17-38-24-25(41)39-29(35)40-26(24)42(30(45)50-32(4,5)6)31(46)51-33(7,8)9;1-3-35-21(34)23(11(2)32,8-12-4-6-13(26)7-5-12)36-9-14-17(33)15(25)20(37-14)31-10-28-16-18(27)29-22(24)30-19(16)31;21-19-26-14(24)12-15(27-19)28(7-25-12)16-11(22)13(29)10(35-16)6-34-20(17(30)31,18(32)33)5-8-1-3-9(23)4-2-8/h11-14,17-18,22-23,27H,10,15-16H2,1-9H3;4-7,10,14-15,17,20,33H,3,8-9H2,1-2H3,(H2,27,29,30);1-4,7,10-11,13,16,29H,5-6H2,(H,30,31)(H,32,33)(H2,24,26,27)/t18-,22-,23+,27-,34?;14-,15+,17-,20-,23?;10-,11+,13-,16-/m111/s1. The van der Waals surface area contributed by atoms with Gasteiger partial charge in [0.15, 0.2) is 88.7 Å². The number of nitrogens with two attached hydrogens (primary N) is 2. The van der Waals surface area contributed by atoms with Crippen LogP contribution in [0.4, 0.5) is 40.2 Å². The third kappa shape index (κ3) is 21.9. The van der Waals surface area contributed by atoms with Crippen molar-refractivity contribution < 1.29 is 119 Å². The molecule has 0 bridgehead atoms. The summed E-state index contributed by atoms with van der Waals surface area (Å²) in [5, 5.41) is 39.7. The fraction of sp³-hybridized carbons (Fsp3) is 0.468. The maximum absolute atomic E-state index is 16.1. The number of anilines is 3. The summed E-state index contributed by atoms with van der Waals surface area (Å²) in [6, 6.07) is 20.9. The van der Waals surface area contributed by atoms with Crippen LogP contribution in [0, 0.1) is 16.6 Å². The highest BCUT2D eigenvalue weighted by molar-refractivity contribution is 14.1. The van der Waals surface area contributed by atoms with E-state index in [0.717, 1.165) is 15.3 Å². The Balaban J connectivity index is 0.000000198. The van der Waals surface area contributed by atoms with Gasteiger partial charge in [-0.2, -0.15) is 34.8 Å². The largest absolute Gasteiger partial charge is 0.479 e. The van der Waals surface area contributed by atoms with E-state index in [1.165, 1.54) is 42.0 Å². The Kier molecular flexibility index (Phi) is 31.4. The second-order valence-corrected chi connectivity index (χ2v) is 34.9. The molecular weight excluding hydrogens is 2030 g/mol. The highest BCUT2D eigenvalue weighted by Crippen LogP contribution is 2.42. The van der Waals surface area contributed by atoms with Gasteiger partial charge in [0.1, 0.15) is 46.7 Å². The van der Waals surface area contributed by atoms with Gasteiger partial charge in [0.2, 0.25) is 27.1 Å². The van der Waals surface area contributed by atoms with E-state index in [1.54, 1.807) is 111 Å². The molecule has 0 saturated carbocycles. The highest BCUT2D eigenvalue weighted by Gasteiger charge is 2.55. The Bertz CT molecular complexity index is 5350. The van der Waals surface area contributed by atoms with Crippen molar-refractivity contribution >= 4 is 201 Å². The van der Waals surface area contributed by atoms with Crippen molar-refractivity contribution in [2.45, 2.75) is 191 Å². The maximum atomic E-state index is 16.1. The molecule has 2 unspecified atom stereocenters. The van der Waals surface area contributed by atoms with Crippen LogP contribution < -0.4 is 16.4 Å². The number of nitrogen functional groups attached to an aromatic ring is 2. The number of Topliss-reactive ketones (excluding diaryl/α,β-unsaturated/α-hetero) is 2. The number of hydrogen-bond acceptors (Lipinski definition) is 31. The minimum absolute atomic E-state index is 0.00105. The van der Waals surface area contributed by atoms with Gasteiger partial charge < -0.3 is 79.3 Å². The number of imide groups is 1. The van der Waals surface area contributed by atoms with E-state index >= 15 is 13.2 Å². The van der Waals surface area contributed by atoms with Crippen LogP contribution in [0.15, 0.2) is 91.8 Å². The van der Waals surface area contributed by atoms with Crippen molar-refractivity contribution in [3.63, 3.8) is 0 Å². The maximum Gasteiger partial charge on any atom is 0.425 e. The molecule has 6 aromatic heterocycles. The number of aliphatic hydroxyl groups is 2. The van der Waals surface area contributed by atoms with Crippen LogP contribution in [0.25, 0.3) is 33.5 Å². The summed E-state index contributed by atoms with van der Waals surface area (Å²) in [6.07, 6.45) is -16.1. The minimum Gasteiger partial charge on any atom is -0.479 e. The van der Waals surface area contributed by atoms with Crippen LogP contribution in [0.3, 0.4) is 0 Å². The molecule has 8 N–H and O–H groups in total. The summed E-state index contributed by atoms with van der Waals surface area (Å²) in [6.45, 7) is 15.4. The molecule has 3 aromatic carbocycles. The fourth-order valence-corrected chi connectivity index (χ4v) is 14.6. The number of carbonyl (C=O) groups is 8. The number of benzene rings is 3. The van der Waals surface area contributed by atoms with Crippen molar-refractivity contribution in [2.75, 3.05) is 49.4 Å². The van der Waals surface area contributed by atoms with Crippen LogP contribution in [-0.4, -0.2) is 237 Å². The smallest absolute Gasteiger partial charge is 0.425 e. The van der Waals surface area contributed by atoms with Crippen LogP contribution in [0.1, 0.15) is 112 Å². The van der Waals surface area contributed by atoms with Crippen molar-refractivity contribution in [3.05, 3.63) is 135 Å². The van der Waals surface area contributed by atoms with E-state index in [9.17, 15) is 58.8 Å². The van der Waals surface area contributed by atoms with Gasteiger partial charge in [0.05, 0.1) is 58.1 Å². The normalized spacial score (nSPS) is 21.9. The van der Waals surface area contributed by atoms with Crippen LogP contribution in [0.2, 0.25) is 15.9 Å². The van der Waals surface area contributed by atoms with E-state index in [4.69, 9.17) is 93.6 Å². The average molecular weight is 2120 g/mol. The Morgan fingerprint density at radius 3 is 1.14 bits per heavy atom. The van der Waals surface area contributed by atoms with Crippen molar-refractivity contribution in [1.29, 1.82) is 0 Å². The molecule has 3 aliphatic heterocycles. The summed E-state index contributed by atoms with van der Waals surface area (Å²) in [5.74, 6) is -7.67. The lowest BCUT2D eigenvalue weighted by Crippen LogP contribution is -2.52. The summed E-state index contributed by atoms with van der Waals surface area (Å²) in [5.41, 5.74) is 4.83. The van der Waals surface area contributed by atoms with E-state index in [2.05, 4.69) is 90.0 Å². The molecule has 662 valence electrons. The number of rotatable bonds is 27. The number of aliphatic carboxylic acids is 2. The quantitative estimate of drug-likeness (QED) is 0.00915. The van der Waals surface area contributed by atoms with Gasteiger partial charge in [0.25, 0.3) is 5.60 Å². The number of carboxylic acids is 2. The van der Waals surface area contributed by atoms with E-state index < -0.39 is 174 Å². The molecule has 14 atom stereocenters. The molecule has 12 rings (SSSR count). The minimum atomic E-state index is -2.70. The first-order valence-electron chi connectivity index (χ1n) is 37.5. The van der Waals surface area contributed by atoms with E-state index in [-0.39, 0.29) is 94.2 Å².